The molecule has 30 heavy (non-hydrogen) atoms. The van der Waals surface area contributed by atoms with Gasteiger partial charge in [0, 0.05) is 19.8 Å². The molecule has 1 aliphatic heterocycles. The molecule has 0 radical (unpaired) electrons. The van der Waals surface area contributed by atoms with E-state index in [9.17, 15) is 19.2 Å². The molecule has 0 atom stereocenters. The molecule has 1 saturated carbocycles. The molecule has 1 aromatic rings. The summed E-state index contributed by atoms with van der Waals surface area (Å²) in [6.07, 6.45) is 4.10. The first kappa shape index (κ1) is 21.8. The SMILES string of the molecule is Cc1cccc(C)c1NC(=O)CN(C)C(=O)CN1C(=O)N(C)C2(CCCCC2)C1=O. The highest BCUT2D eigenvalue weighted by molar-refractivity contribution is 6.09. The lowest BCUT2D eigenvalue weighted by Gasteiger charge is -2.35. The number of aryl methyl sites for hydroxylation is 2. The second-order valence-electron chi connectivity index (χ2n) is 8.39. The third-order valence-corrected chi connectivity index (χ3v) is 6.33. The van der Waals surface area contributed by atoms with Crippen LogP contribution in [0.1, 0.15) is 43.2 Å². The Morgan fingerprint density at radius 3 is 2.30 bits per heavy atom. The molecular weight excluding hydrogens is 384 g/mol. The van der Waals surface area contributed by atoms with Crippen LogP contribution in [-0.2, 0) is 14.4 Å². The van der Waals surface area contributed by atoms with E-state index in [2.05, 4.69) is 5.32 Å². The van der Waals surface area contributed by atoms with Gasteiger partial charge < -0.3 is 15.1 Å². The van der Waals surface area contributed by atoms with Crippen LogP contribution >= 0.6 is 0 Å². The van der Waals surface area contributed by atoms with Gasteiger partial charge in [-0.25, -0.2) is 4.79 Å². The predicted molar refractivity (Wildman–Crippen MR) is 113 cm³/mol. The van der Waals surface area contributed by atoms with Gasteiger partial charge >= 0.3 is 6.03 Å². The van der Waals surface area contributed by atoms with Crippen LogP contribution in [0.25, 0.3) is 0 Å². The van der Waals surface area contributed by atoms with Gasteiger partial charge in [-0.05, 0) is 37.8 Å². The summed E-state index contributed by atoms with van der Waals surface area (Å²) in [6.45, 7) is 3.29. The highest BCUT2D eigenvalue weighted by Gasteiger charge is 2.55. The minimum Gasteiger partial charge on any atom is -0.335 e. The fraction of sp³-hybridized carbons (Fsp3) is 0.545. The van der Waals surface area contributed by atoms with Crippen LogP contribution in [0.4, 0.5) is 10.5 Å². The molecule has 0 bridgehead atoms. The summed E-state index contributed by atoms with van der Waals surface area (Å²) < 4.78 is 0. The molecule has 0 aromatic heterocycles. The molecular formula is C22H30N4O4. The van der Waals surface area contributed by atoms with E-state index in [0.717, 1.165) is 41.0 Å². The number of para-hydroxylation sites is 1. The van der Waals surface area contributed by atoms with Gasteiger partial charge in [0.15, 0.2) is 0 Å². The van der Waals surface area contributed by atoms with Crippen molar-refractivity contribution in [3.05, 3.63) is 29.3 Å². The standard InChI is InChI=1S/C22H30N4O4/c1-15-9-8-10-16(2)19(15)23-17(27)13-24(3)18(28)14-26-20(29)22(25(4)21(26)30)11-6-5-7-12-22/h8-10H,5-7,11-14H2,1-4H3,(H,23,27). The minimum atomic E-state index is -0.812. The molecule has 2 aliphatic rings. The average molecular weight is 415 g/mol. The number of carbonyl (C=O) groups excluding carboxylic acids is 4. The molecule has 3 rings (SSSR count). The number of benzene rings is 1. The fourth-order valence-corrected chi connectivity index (χ4v) is 4.42. The Morgan fingerprint density at radius 1 is 1.10 bits per heavy atom. The summed E-state index contributed by atoms with van der Waals surface area (Å²) >= 11 is 0. The van der Waals surface area contributed by atoms with E-state index in [4.69, 9.17) is 0 Å². The number of imide groups is 1. The molecule has 1 saturated heterocycles. The predicted octanol–water partition coefficient (Wildman–Crippen LogP) is 2.30. The maximum atomic E-state index is 13.0. The van der Waals surface area contributed by atoms with Crippen molar-refractivity contribution in [2.24, 2.45) is 0 Å². The number of hydrogen-bond acceptors (Lipinski definition) is 4. The molecule has 1 aliphatic carbocycles. The van der Waals surface area contributed by atoms with Gasteiger partial charge in [0.05, 0.1) is 6.54 Å². The summed E-state index contributed by atoms with van der Waals surface area (Å²) in [6, 6.07) is 5.28. The van der Waals surface area contributed by atoms with E-state index in [1.807, 2.05) is 32.0 Å². The summed E-state index contributed by atoms with van der Waals surface area (Å²) in [4.78, 5) is 54.6. The fourth-order valence-electron chi connectivity index (χ4n) is 4.42. The number of carbonyl (C=O) groups is 4. The Hall–Kier alpha value is -2.90. The zero-order chi connectivity index (χ0) is 22.1. The molecule has 1 aromatic carbocycles. The minimum absolute atomic E-state index is 0.163. The zero-order valence-electron chi connectivity index (χ0n) is 18.2. The third kappa shape index (κ3) is 3.91. The van der Waals surface area contributed by atoms with Crippen molar-refractivity contribution in [2.45, 2.75) is 51.5 Å². The van der Waals surface area contributed by atoms with E-state index in [1.54, 1.807) is 7.05 Å². The normalized spacial score (nSPS) is 18.1. The van der Waals surface area contributed by atoms with Crippen molar-refractivity contribution in [2.75, 3.05) is 32.5 Å². The van der Waals surface area contributed by atoms with E-state index in [1.165, 1.54) is 16.8 Å². The van der Waals surface area contributed by atoms with E-state index < -0.39 is 17.5 Å². The van der Waals surface area contributed by atoms with E-state index in [0.29, 0.717) is 12.8 Å². The van der Waals surface area contributed by atoms with Gasteiger partial charge in [-0.2, -0.15) is 0 Å². The number of nitrogens with one attached hydrogen (secondary N) is 1. The number of nitrogens with zero attached hydrogens (tertiary/aromatic N) is 3. The third-order valence-electron chi connectivity index (χ3n) is 6.33. The Balaban J connectivity index is 1.62. The smallest absolute Gasteiger partial charge is 0.327 e. The zero-order valence-corrected chi connectivity index (χ0v) is 18.2. The lowest BCUT2D eigenvalue weighted by molar-refractivity contribution is -0.140. The lowest BCUT2D eigenvalue weighted by atomic mass is 9.81. The molecule has 8 heteroatoms. The van der Waals surface area contributed by atoms with Crippen LogP contribution in [0, 0.1) is 13.8 Å². The van der Waals surface area contributed by atoms with E-state index >= 15 is 0 Å². The van der Waals surface area contributed by atoms with Crippen molar-refractivity contribution in [3.63, 3.8) is 0 Å². The van der Waals surface area contributed by atoms with Crippen LogP contribution < -0.4 is 5.32 Å². The van der Waals surface area contributed by atoms with Gasteiger partial charge in [-0.1, -0.05) is 37.5 Å². The van der Waals surface area contributed by atoms with Gasteiger partial charge in [0.1, 0.15) is 12.1 Å². The van der Waals surface area contributed by atoms with Crippen molar-refractivity contribution >= 4 is 29.4 Å². The monoisotopic (exact) mass is 414 g/mol. The number of likely N-dealkylation sites (N-methyl/N-ethyl adjacent to an activating group) is 2. The van der Waals surface area contributed by atoms with Crippen LogP contribution in [0.3, 0.4) is 0 Å². The molecule has 1 heterocycles. The molecule has 162 valence electrons. The van der Waals surface area contributed by atoms with Crippen molar-refractivity contribution < 1.29 is 19.2 Å². The van der Waals surface area contributed by atoms with Gasteiger partial charge in [-0.15, -0.1) is 0 Å². The molecule has 5 amide bonds. The quantitative estimate of drug-likeness (QED) is 0.749. The Morgan fingerprint density at radius 2 is 1.70 bits per heavy atom. The number of anilines is 1. The summed E-state index contributed by atoms with van der Waals surface area (Å²) in [5.41, 5.74) is 1.79. The first-order chi connectivity index (χ1) is 14.2. The van der Waals surface area contributed by atoms with Crippen LogP contribution in [0.2, 0.25) is 0 Å². The molecule has 0 unspecified atom stereocenters. The average Bonchev–Trinajstić information content (AvgIpc) is 2.87. The number of hydrogen-bond donors (Lipinski definition) is 1. The Kier molecular flexibility index (Phi) is 6.14. The van der Waals surface area contributed by atoms with Crippen LogP contribution in [0.5, 0.6) is 0 Å². The Bertz CT molecular complexity index is 856. The maximum absolute atomic E-state index is 13.0. The number of rotatable bonds is 5. The summed E-state index contributed by atoms with van der Waals surface area (Å²) in [5.74, 6) is -1.07. The highest BCUT2D eigenvalue weighted by atomic mass is 16.2. The van der Waals surface area contributed by atoms with Gasteiger partial charge in [0.2, 0.25) is 11.8 Å². The number of amides is 5. The van der Waals surface area contributed by atoms with Gasteiger partial charge in [0.25, 0.3) is 5.91 Å². The molecule has 1 N–H and O–H groups in total. The highest BCUT2D eigenvalue weighted by Crippen LogP contribution is 2.39. The molecule has 1 spiro atoms. The van der Waals surface area contributed by atoms with E-state index in [-0.39, 0.29) is 24.9 Å². The second-order valence-corrected chi connectivity index (χ2v) is 8.39. The van der Waals surface area contributed by atoms with Gasteiger partial charge in [-0.3, -0.25) is 19.3 Å². The number of urea groups is 1. The molecule has 2 fully saturated rings. The van der Waals surface area contributed by atoms with Crippen molar-refractivity contribution in [3.8, 4) is 0 Å². The second kappa shape index (κ2) is 8.45. The van der Waals surface area contributed by atoms with Crippen molar-refractivity contribution in [1.82, 2.24) is 14.7 Å². The van der Waals surface area contributed by atoms with Crippen molar-refractivity contribution in [1.29, 1.82) is 0 Å². The molecule has 8 nitrogen and oxygen atoms in total. The topological polar surface area (TPSA) is 90.0 Å². The Labute approximate surface area is 177 Å². The summed E-state index contributed by atoms with van der Waals surface area (Å²) in [5, 5.41) is 2.84. The van der Waals surface area contributed by atoms with Crippen LogP contribution in [0.15, 0.2) is 18.2 Å². The summed E-state index contributed by atoms with van der Waals surface area (Å²) in [7, 11) is 3.13. The van der Waals surface area contributed by atoms with Crippen LogP contribution in [-0.4, -0.2) is 71.2 Å². The first-order valence-electron chi connectivity index (χ1n) is 10.4. The largest absolute Gasteiger partial charge is 0.335 e. The maximum Gasteiger partial charge on any atom is 0.327 e. The first-order valence-corrected chi connectivity index (χ1v) is 10.4. The lowest BCUT2D eigenvalue weighted by Crippen LogP contribution is -2.49.